The molecule has 0 unspecified atom stereocenters. The number of thioether (sulfide) groups is 1. The van der Waals surface area contributed by atoms with E-state index >= 15 is 0 Å². The van der Waals surface area contributed by atoms with Crippen molar-refractivity contribution < 1.29 is 0 Å². The summed E-state index contributed by atoms with van der Waals surface area (Å²) in [5, 5.41) is 7.77. The monoisotopic (exact) mass is 368 g/mol. The number of piperidine rings is 1. The first-order valence-electron chi connectivity index (χ1n) is 8.64. The highest BCUT2D eigenvalue weighted by molar-refractivity contribution is 7.98. The summed E-state index contributed by atoms with van der Waals surface area (Å²) < 4.78 is 0. The van der Waals surface area contributed by atoms with E-state index in [0.29, 0.717) is 6.04 Å². The zero-order valence-electron chi connectivity index (χ0n) is 14.7. The number of likely N-dealkylation sites (tertiary alicyclic amines) is 1. The van der Waals surface area contributed by atoms with E-state index in [0.717, 1.165) is 50.0 Å². The van der Waals surface area contributed by atoms with Gasteiger partial charge in [0.1, 0.15) is 0 Å². The minimum atomic E-state index is 0.512. The lowest BCUT2D eigenvalue weighted by Crippen LogP contribution is -2.48. The second kappa shape index (κ2) is 10.9. The molecule has 2 N–H and O–H groups in total. The van der Waals surface area contributed by atoms with Crippen LogP contribution in [0.15, 0.2) is 29.3 Å². The highest BCUT2D eigenvalue weighted by Gasteiger charge is 2.19. The molecule has 1 fully saturated rings. The van der Waals surface area contributed by atoms with Crippen LogP contribution in [0.2, 0.25) is 5.02 Å². The van der Waals surface area contributed by atoms with Crippen LogP contribution >= 0.6 is 23.4 Å². The SMILES string of the molecule is CN=C(NCCCSC)NC1CCN(Cc2ccc(Cl)cc2)CC1. The third kappa shape index (κ3) is 6.91. The van der Waals surface area contributed by atoms with Crippen LogP contribution in [0.3, 0.4) is 0 Å². The lowest BCUT2D eigenvalue weighted by atomic mass is 10.0. The highest BCUT2D eigenvalue weighted by Crippen LogP contribution is 2.15. The molecule has 1 aliphatic heterocycles. The van der Waals surface area contributed by atoms with Crippen LogP contribution < -0.4 is 10.6 Å². The first-order chi connectivity index (χ1) is 11.7. The third-order valence-corrected chi connectivity index (χ3v) is 5.24. The molecule has 134 valence electrons. The number of benzene rings is 1. The Labute approximate surface area is 155 Å². The number of halogens is 1. The van der Waals surface area contributed by atoms with Crippen molar-refractivity contribution in [3.63, 3.8) is 0 Å². The lowest BCUT2D eigenvalue weighted by Gasteiger charge is -2.33. The van der Waals surface area contributed by atoms with Crippen LogP contribution in [0.5, 0.6) is 0 Å². The van der Waals surface area contributed by atoms with Gasteiger partial charge >= 0.3 is 0 Å². The van der Waals surface area contributed by atoms with E-state index < -0.39 is 0 Å². The van der Waals surface area contributed by atoms with E-state index in [1.54, 1.807) is 0 Å². The number of nitrogens with one attached hydrogen (secondary N) is 2. The van der Waals surface area contributed by atoms with Crippen molar-refractivity contribution in [2.75, 3.05) is 38.7 Å². The maximum absolute atomic E-state index is 5.95. The first kappa shape index (κ1) is 19.4. The molecule has 1 aromatic rings. The quantitative estimate of drug-likeness (QED) is 0.440. The van der Waals surface area contributed by atoms with E-state index in [4.69, 9.17) is 11.6 Å². The maximum atomic E-state index is 5.95. The van der Waals surface area contributed by atoms with Crippen LogP contribution in [0.25, 0.3) is 0 Å². The molecule has 0 radical (unpaired) electrons. The van der Waals surface area contributed by atoms with Gasteiger partial charge in [-0.25, -0.2) is 0 Å². The normalized spacial score (nSPS) is 17.0. The van der Waals surface area contributed by atoms with Crippen molar-refractivity contribution in [1.82, 2.24) is 15.5 Å². The summed E-state index contributed by atoms with van der Waals surface area (Å²) in [6, 6.07) is 8.69. The van der Waals surface area contributed by atoms with E-state index in [1.807, 2.05) is 30.9 Å². The molecule has 0 aromatic heterocycles. The second-order valence-corrected chi connectivity index (χ2v) is 7.59. The Morgan fingerprint density at radius 1 is 1.29 bits per heavy atom. The highest BCUT2D eigenvalue weighted by atomic mass is 35.5. The Morgan fingerprint density at radius 3 is 2.62 bits per heavy atom. The largest absolute Gasteiger partial charge is 0.356 e. The first-order valence-corrected chi connectivity index (χ1v) is 10.4. The van der Waals surface area contributed by atoms with Crippen LogP contribution in [-0.2, 0) is 6.54 Å². The number of hydrogen-bond acceptors (Lipinski definition) is 3. The molecule has 0 saturated carbocycles. The Hall–Kier alpha value is -0.910. The predicted octanol–water partition coefficient (Wildman–Crippen LogP) is 3.22. The predicted molar refractivity (Wildman–Crippen MR) is 107 cm³/mol. The van der Waals surface area contributed by atoms with E-state index in [1.165, 1.54) is 17.7 Å². The van der Waals surface area contributed by atoms with Gasteiger partial charge in [0.15, 0.2) is 5.96 Å². The van der Waals surface area contributed by atoms with E-state index in [9.17, 15) is 0 Å². The molecule has 2 rings (SSSR count). The van der Waals surface area contributed by atoms with Crippen molar-refractivity contribution in [1.29, 1.82) is 0 Å². The molecule has 1 aliphatic rings. The van der Waals surface area contributed by atoms with Gasteiger partial charge in [-0.05, 0) is 49.0 Å². The second-order valence-electron chi connectivity index (χ2n) is 6.17. The smallest absolute Gasteiger partial charge is 0.191 e. The van der Waals surface area contributed by atoms with Crippen LogP contribution in [-0.4, -0.2) is 55.6 Å². The van der Waals surface area contributed by atoms with Gasteiger partial charge in [0.2, 0.25) is 0 Å². The minimum absolute atomic E-state index is 0.512. The fourth-order valence-electron chi connectivity index (χ4n) is 2.89. The average Bonchev–Trinajstić information content (AvgIpc) is 2.61. The van der Waals surface area contributed by atoms with Gasteiger partial charge in [0.25, 0.3) is 0 Å². The van der Waals surface area contributed by atoms with Crippen molar-refractivity contribution in [2.45, 2.75) is 31.8 Å². The number of hydrogen-bond donors (Lipinski definition) is 2. The molecule has 1 heterocycles. The van der Waals surface area contributed by atoms with Crippen LogP contribution in [0.1, 0.15) is 24.8 Å². The van der Waals surface area contributed by atoms with Crippen molar-refractivity contribution in [3.8, 4) is 0 Å². The summed E-state index contributed by atoms with van der Waals surface area (Å²) in [5.41, 5.74) is 1.33. The number of guanidine groups is 1. The summed E-state index contributed by atoms with van der Waals surface area (Å²) in [6.45, 7) is 4.22. The zero-order chi connectivity index (χ0) is 17.2. The molecule has 1 saturated heterocycles. The average molecular weight is 369 g/mol. The fourth-order valence-corrected chi connectivity index (χ4v) is 3.45. The molecule has 4 nitrogen and oxygen atoms in total. The molecule has 0 bridgehead atoms. The molecule has 0 atom stereocenters. The Morgan fingerprint density at radius 2 is 2.00 bits per heavy atom. The minimum Gasteiger partial charge on any atom is -0.356 e. The third-order valence-electron chi connectivity index (χ3n) is 4.29. The van der Waals surface area contributed by atoms with Crippen LogP contribution in [0, 0.1) is 0 Å². The molecular weight excluding hydrogens is 340 g/mol. The fraction of sp³-hybridized carbons (Fsp3) is 0.611. The van der Waals surface area contributed by atoms with Crippen LogP contribution in [0.4, 0.5) is 0 Å². The van der Waals surface area contributed by atoms with E-state index in [-0.39, 0.29) is 0 Å². The van der Waals surface area contributed by atoms with Gasteiger partial charge in [-0.15, -0.1) is 0 Å². The molecule has 1 aromatic carbocycles. The Bertz CT molecular complexity index is 498. The molecular formula is C18H29ClN4S. The summed E-state index contributed by atoms with van der Waals surface area (Å²) in [6.07, 6.45) is 5.62. The number of aliphatic imine (C=N–C) groups is 1. The molecule has 6 heteroatoms. The van der Waals surface area contributed by atoms with E-state index in [2.05, 4.69) is 38.9 Å². The van der Waals surface area contributed by atoms with Gasteiger partial charge in [0, 0.05) is 44.3 Å². The van der Waals surface area contributed by atoms with Gasteiger partial charge in [0.05, 0.1) is 0 Å². The van der Waals surface area contributed by atoms with Crippen molar-refractivity contribution in [3.05, 3.63) is 34.9 Å². The summed E-state index contributed by atoms with van der Waals surface area (Å²) >= 11 is 7.83. The molecule has 0 aliphatic carbocycles. The summed E-state index contributed by atoms with van der Waals surface area (Å²) in [7, 11) is 1.85. The lowest BCUT2D eigenvalue weighted by molar-refractivity contribution is 0.198. The summed E-state index contributed by atoms with van der Waals surface area (Å²) in [4.78, 5) is 6.85. The standard InChI is InChI=1S/C18H29ClN4S/c1-20-18(21-10-3-13-24-2)22-17-8-11-23(12-9-17)14-15-4-6-16(19)7-5-15/h4-7,17H,3,8-14H2,1-2H3,(H2,20,21,22). The maximum Gasteiger partial charge on any atom is 0.191 e. The number of rotatable bonds is 7. The zero-order valence-corrected chi connectivity index (χ0v) is 16.3. The van der Waals surface area contributed by atoms with Crippen molar-refractivity contribution >= 4 is 29.3 Å². The van der Waals surface area contributed by atoms with Gasteiger partial charge in [-0.1, -0.05) is 23.7 Å². The van der Waals surface area contributed by atoms with Gasteiger partial charge in [-0.3, -0.25) is 9.89 Å². The number of nitrogens with zero attached hydrogens (tertiary/aromatic N) is 2. The Balaban J connectivity index is 1.68. The molecule has 24 heavy (non-hydrogen) atoms. The van der Waals surface area contributed by atoms with Gasteiger partial charge in [-0.2, -0.15) is 11.8 Å². The Kier molecular flexibility index (Phi) is 8.78. The summed E-state index contributed by atoms with van der Waals surface area (Å²) in [5.74, 6) is 2.12. The molecule has 0 spiro atoms. The van der Waals surface area contributed by atoms with Crippen molar-refractivity contribution in [2.24, 2.45) is 4.99 Å². The van der Waals surface area contributed by atoms with Gasteiger partial charge < -0.3 is 10.6 Å². The molecule has 0 amide bonds. The topological polar surface area (TPSA) is 39.7 Å².